The van der Waals surface area contributed by atoms with Crippen LogP contribution in [0.3, 0.4) is 0 Å². The largest absolute Gasteiger partial charge is 0.490 e. The summed E-state index contributed by atoms with van der Waals surface area (Å²) in [5, 5.41) is 0. The van der Waals surface area contributed by atoms with Crippen LogP contribution < -0.4 is 4.74 Å². The van der Waals surface area contributed by atoms with Crippen LogP contribution in [0.4, 0.5) is 0 Å². The van der Waals surface area contributed by atoms with Crippen molar-refractivity contribution in [3.63, 3.8) is 0 Å². The maximum Gasteiger partial charge on any atom is 0.133 e. The van der Waals surface area contributed by atoms with E-state index in [9.17, 15) is 4.79 Å². The average Bonchev–Trinajstić information content (AvgIpc) is 3.00. The molecule has 4 aliphatic rings. The summed E-state index contributed by atoms with van der Waals surface area (Å²) in [4.78, 5) is 12.1. The van der Waals surface area contributed by atoms with Crippen molar-refractivity contribution >= 4 is 5.78 Å². The SMILES string of the molecule is Cc1ccc(OC2CCC3C4CCC5CC(=O)CCC5(C)C4CCC23C)cc1. The van der Waals surface area contributed by atoms with Crippen molar-refractivity contribution in [2.45, 2.75) is 84.7 Å². The standard InChI is InChI=1S/C26H36O2/c1-17-4-7-20(8-5-17)28-24-11-10-22-21-9-6-18-16-19(27)12-14-25(18,2)23(21)13-15-26(22,24)3/h4-5,7-8,18,21-24H,6,9-16H2,1-3H3. The minimum atomic E-state index is 0.319. The molecule has 2 nitrogen and oxygen atoms in total. The summed E-state index contributed by atoms with van der Waals surface area (Å²) in [5.41, 5.74) is 2.02. The van der Waals surface area contributed by atoms with Gasteiger partial charge in [0.15, 0.2) is 0 Å². The van der Waals surface area contributed by atoms with Crippen molar-refractivity contribution < 1.29 is 9.53 Å². The van der Waals surface area contributed by atoms with Gasteiger partial charge in [0.2, 0.25) is 0 Å². The summed E-state index contributed by atoms with van der Waals surface area (Å²) < 4.78 is 6.58. The first-order valence-corrected chi connectivity index (χ1v) is 11.7. The van der Waals surface area contributed by atoms with Crippen molar-refractivity contribution in [1.29, 1.82) is 0 Å². The van der Waals surface area contributed by atoms with E-state index in [4.69, 9.17) is 4.74 Å². The lowest BCUT2D eigenvalue weighted by molar-refractivity contribution is -0.141. The number of carbonyl (C=O) groups excluding carboxylic acids is 1. The minimum absolute atomic E-state index is 0.319. The smallest absolute Gasteiger partial charge is 0.133 e. The molecular weight excluding hydrogens is 344 g/mol. The molecule has 0 bridgehead atoms. The number of Topliss-reactive ketones (excluding diaryl/α,β-unsaturated/α-hetero) is 1. The summed E-state index contributed by atoms with van der Waals surface area (Å²) in [7, 11) is 0. The number of aryl methyl sites for hydroxylation is 1. The Morgan fingerprint density at radius 2 is 1.64 bits per heavy atom. The minimum Gasteiger partial charge on any atom is -0.490 e. The molecule has 1 aromatic rings. The highest BCUT2D eigenvalue weighted by atomic mass is 16.5. The fraction of sp³-hybridized carbons (Fsp3) is 0.731. The highest BCUT2D eigenvalue weighted by Crippen LogP contribution is 2.66. The summed E-state index contributed by atoms with van der Waals surface area (Å²) >= 11 is 0. The van der Waals surface area contributed by atoms with Crippen LogP contribution in [0.1, 0.15) is 77.2 Å². The first-order chi connectivity index (χ1) is 13.4. The van der Waals surface area contributed by atoms with Crippen molar-refractivity contribution in [2.24, 2.45) is 34.5 Å². The Balaban J connectivity index is 1.36. The van der Waals surface area contributed by atoms with Crippen LogP contribution in [0.2, 0.25) is 0 Å². The molecule has 0 saturated heterocycles. The van der Waals surface area contributed by atoms with Crippen LogP contribution in [0.25, 0.3) is 0 Å². The number of rotatable bonds is 2. The van der Waals surface area contributed by atoms with E-state index < -0.39 is 0 Å². The predicted molar refractivity (Wildman–Crippen MR) is 112 cm³/mol. The molecule has 0 spiro atoms. The number of hydrogen-bond donors (Lipinski definition) is 0. The van der Waals surface area contributed by atoms with Gasteiger partial charge in [-0.05, 0) is 93.1 Å². The van der Waals surface area contributed by atoms with E-state index >= 15 is 0 Å². The molecule has 0 amide bonds. The fourth-order valence-corrected chi connectivity index (χ4v) is 7.97. The summed E-state index contributed by atoms with van der Waals surface area (Å²) in [6.45, 7) is 7.20. The molecule has 0 aliphatic heterocycles. The second-order valence-corrected chi connectivity index (χ2v) is 10.9. The van der Waals surface area contributed by atoms with E-state index in [-0.39, 0.29) is 0 Å². The Kier molecular flexibility index (Phi) is 4.41. The molecular formula is C26H36O2. The predicted octanol–water partition coefficient (Wildman–Crippen LogP) is 6.35. The Labute approximate surface area is 170 Å². The van der Waals surface area contributed by atoms with Gasteiger partial charge >= 0.3 is 0 Å². The van der Waals surface area contributed by atoms with E-state index in [0.717, 1.165) is 42.8 Å². The Hall–Kier alpha value is -1.31. The molecule has 0 heterocycles. The third-order valence-corrected chi connectivity index (χ3v) is 9.69. The quantitative estimate of drug-likeness (QED) is 0.597. The first-order valence-electron chi connectivity index (χ1n) is 11.7. The molecule has 4 saturated carbocycles. The second kappa shape index (κ2) is 6.61. The maximum absolute atomic E-state index is 12.1. The second-order valence-electron chi connectivity index (χ2n) is 10.9. The van der Waals surface area contributed by atoms with Crippen LogP contribution in [-0.4, -0.2) is 11.9 Å². The molecule has 152 valence electrons. The molecule has 0 aromatic heterocycles. The van der Waals surface area contributed by atoms with Gasteiger partial charge in [0.1, 0.15) is 17.6 Å². The van der Waals surface area contributed by atoms with Gasteiger partial charge in [0.25, 0.3) is 0 Å². The average molecular weight is 381 g/mol. The third-order valence-electron chi connectivity index (χ3n) is 9.69. The molecule has 4 fully saturated rings. The zero-order valence-corrected chi connectivity index (χ0v) is 17.9. The summed E-state index contributed by atoms with van der Waals surface area (Å²) in [5.74, 6) is 4.70. The van der Waals surface area contributed by atoms with Gasteiger partial charge in [-0.2, -0.15) is 0 Å². The molecule has 4 aliphatic carbocycles. The third kappa shape index (κ3) is 2.77. The highest BCUT2D eigenvalue weighted by molar-refractivity contribution is 5.79. The van der Waals surface area contributed by atoms with Crippen molar-refractivity contribution in [3.05, 3.63) is 29.8 Å². The van der Waals surface area contributed by atoms with Crippen molar-refractivity contribution in [2.75, 3.05) is 0 Å². The van der Waals surface area contributed by atoms with Gasteiger partial charge < -0.3 is 4.74 Å². The molecule has 7 unspecified atom stereocenters. The highest BCUT2D eigenvalue weighted by Gasteiger charge is 2.60. The molecule has 1 aromatic carbocycles. The molecule has 5 rings (SSSR count). The maximum atomic E-state index is 12.1. The fourth-order valence-electron chi connectivity index (χ4n) is 7.97. The monoisotopic (exact) mass is 380 g/mol. The van der Waals surface area contributed by atoms with Crippen LogP contribution >= 0.6 is 0 Å². The summed E-state index contributed by atoms with van der Waals surface area (Å²) in [6, 6.07) is 8.60. The number of carbonyl (C=O) groups is 1. The van der Waals surface area contributed by atoms with Crippen molar-refractivity contribution in [3.8, 4) is 5.75 Å². The van der Waals surface area contributed by atoms with Crippen LogP contribution in [0.15, 0.2) is 24.3 Å². The Bertz CT molecular complexity index is 752. The number of hydrogen-bond acceptors (Lipinski definition) is 2. The molecule has 0 N–H and O–H groups in total. The van der Waals surface area contributed by atoms with Gasteiger partial charge in [-0.3, -0.25) is 4.79 Å². The zero-order chi connectivity index (χ0) is 19.5. The zero-order valence-electron chi connectivity index (χ0n) is 17.9. The van der Waals surface area contributed by atoms with Crippen LogP contribution in [-0.2, 0) is 4.79 Å². The van der Waals surface area contributed by atoms with E-state index in [1.54, 1.807) is 0 Å². The summed E-state index contributed by atoms with van der Waals surface area (Å²) in [6.07, 6.45) is 11.0. The molecule has 0 radical (unpaired) electrons. The van der Waals surface area contributed by atoms with E-state index in [1.165, 1.54) is 44.1 Å². The normalized spacial score (nSPS) is 45.1. The topological polar surface area (TPSA) is 26.3 Å². The van der Waals surface area contributed by atoms with Crippen molar-refractivity contribution in [1.82, 2.24) is 0 Å². The molecule has 28 heavy (non-hydrogen) atoms. The number of ketones is 1. The molecule has 2 heteroatoms. The van der Waals surface area contributed by atoms with Crippen LogP contribution in [0, 0.1) is 41.4 Å². The van der Waals surface area contributed by atoms with Gasteiger partial charge in [-0.15, -0.1) is 0 Å². The number of fused-ring (bicyclic) bond motifs is 5. The van der Waals surface area contributed by atoms with E-state index in [1.807, 2.05) is 0 Å². The Morgan fingerprint density at radius 1 is 0.893 bits per heavy atom. The van der Waals surface area contributed by atoms with Gasteiger partial charge in [-0.1, -0.05) is 31.5 Å². The van der Waals surface area contributed by atoms with E-state index in [0.29, 0.717) is 28.6 Å². The Morgan fingerprint density at radius 3 is 2.43 bits per heavy atom. The molecule has 7 atom stereocenters. The van der Waals surface area contributed by atoms with Crippen LogP contribution in [0.5, 0.6) is 5.75 Å². The van der Waals surface area contributed by atoms with E-state index in [2.05, 4.69) is 45.0 Å². The lowest BCUT2D eigenvalue weighted by Gasteiger charge is -2.60. The lowest BCUT2D eigenvalue weighted by atomic mass is 9.45. The van der Waals surface area contributed by atoms with Gasteiger partial charge in [0, 0.05) is 18.3 Å². The number of ether oxygens (including phenoxy) is 1. The van der Waals surface area contributed by atoms with Gasteiger partial charge in [0.05, 0.1) is 0 Å². The lowest BCUT2D eigenvalue weighted by Crippen LogP contribution is -2.54. The number of benzene rings is 1. The first kappa shape index (κ1) is 18.7. The van der Waals surface area contributed by atoms with Gasteiger partial charge in [-0.25, -0.2) is 0 Å².